The van der Waals surface area contributed by atoms with E-state index in [1.165, 1.54) is 62.5 Å². The van der Waals surface area contributed by atoms with Gasteiger partial charge in [-0.1, -0.05) is 25.0 Å². The van der Waals surface area contributed by atoms with E-state index < -0.39 is 0 Å². The molecule has 0 bridgehead atoms. The van der Waals surface area contributed by atoms with Crippen LogP contribution in [-0.2, 0) is 12.8 Å². The maximum atomic E-state index is 11.5. The highest BCUT2D eigenvalue weighted by Crippen LogP contribution is 2.47. The highest BCUT2D eigenvalue weighted by atomic mass is 16.1. The minimum absolute atomic E-state index is 0.192. The first-order valence-electron chi connectivity index (χ1n) is 7.31. The summed E-state index contributed by atoms with van der Waals surface area (Å²) >= 11 is 0. The second kappa shape index (κ2) is 4.53. The third kappa shape index (κ3) is 2.11. The molecule has 0 unspecified atom stereocenters. The zero-order chi connectivity index (χ0) is 12.6. The molecule has 1 heteroatoms. The molecular weight excluding hydrogens is 220 g/mol. The first-order chi connectivity index (χ1) is 8.69. The van der Waals surface area contributed by atoms with Crippen molar-refractivity contribution in [3.05, 3.63) is 34.9 Å². The fourth-order valence-electron chi connectivity index (χ4n) is 3.87. The number of rotatable bonds is 1. The quantitative estimate of drug-likeness (QED) is 0.670. The minimum atomic E-state index is 0.192. The van der Waals surface area contributed by atoms with Gasteiger partial charge >= 0.3 is 0 Å². The van der Waals surface area contributed by atoms with Crippen molar-refractivity contribution in [2.24, 2.45) is 5.41 Å². The van der Waals surface area contributed by atoms with E-state index in [0.717, 1.165) is 5.56 Å². The Balaban J connectivity index is 1.87. The van der Waals surface area contributed by atoms with E-state index in [2.05, 4.69) is 12.1 Å². The van der Waals surface area contributed by atoms with Gasteiger partial charge in [-0.2, -0.15) is 0 Å². The normalized spacial score (nSPS) is 21.6. The Morgan fingerprint density at radius 2 is 1.67 bits per heavy atom. The molecule has 3 rings (SSSR count). The van der Waals surface area contributed by atoms with Crippen LogP contribution in [0.2, 0.25) is 0 Å². The van der Waals surface area contributed by atoms with Crippen LogP contribution >= 0.6 is 0 Å². The summed E-state index contributed by atoms with van der Waals surface area (Å²) in [7, 11) is 0. The Bertz CT molecular complexity index is 466. The molecule has 2 aliphatic carbocycles. The van der Waals surface area contributed by atoms with Crippen LogP contribution in [0.4, 0.5) is 0 Å². The third-order valence-electron chi connectivity index (χ3n) is 5.13. The van der Waals surface area contributed by atoms with Crippen LogP contribution in [0.15, 0.2) is 18.2 Å². The summed E-state index contributed by atoms with van der Waals surface area (Å²) in [6, 6.07) is 6.35. The van der Waals surface area contributed by atoms with Crippen LogP contribution in [-0.4, -0.2) is 5.78 Å². The largest absolute Gasteiger partial charge is 0.295 e. The Hall–Kier alpha value is -1.11. The predicted octanol–water partition coefficient (Wildman–Crippen LogP) is 4.33. The number of fused-ring (bicyclic) bond motifs is 1. The second-order valence-corrected chi connectivity index (χ2v) is 6.25. The van der Waals surface area contributed by atoms with Gasteiger partial charge in [0.05, 0.1) is 0 Å². The highest BCUT2D eigenvalue weighted by Gasteiger charge is 2.34. The fourth-order valence-corrected chi connectivity index (χ4v) is 3.87. The molecule has 0 amide bonds. The molecule has 1 aromatic carbocycles. The van der Waals surface area contributed by atoms with Gasteiger partial charge in [0.2, 0.25) is 0 Å². The molecule has 0 heterocycles. The molecule has 96 valence electrons. The summed E-state index contributed by atoms with van der Waals surface area (Å²) in [5.41, 5.74) is 4.45. The minimum Gasteiger partial charge on any atom is -0.295 e. The van der Waals surface area contributed by atoms with Crippen LogP contribution in [0, 0.1) is 5.41 Å². The zero-order valence-electron chi connectivity index (χ0n) is 11.3. The zero-order valence-corrected chi connectivity index (χ0v) is 11.3. The molecular formula is C17H22O. The average Bonchev–Trinajstić information content (AvgIpc) is 2.75. The molecule has 0 N–H and O–H groups in total. The lowest BCUT2D eigenvalue weighted by Crippen LogP contribution is -2.16. The molecule has 2 aliphatic rings. The van der Waals surface area contributed by atoms with Crippen molar-refractivity contribution in [3.63, 3.8) is 0 Å². The van der Waals surface area contributed by atoms with E-state index >= 15 is 0 Å². The molecule has 0 saturated heterocycles. The number of benzene rings is 1. The van der Waals surface area contributed by atoms with E-state index in [-0.39, 0.29) is 5.78 Å². The lowest BCUT2D eigenvalue weighted by molar-refractivity contribution is 0.101. The Morgan fingerprint density at radius 3 is 2.33 bits per heavy atom. The summed E-state index contributed by atoms with van der Waals surface area (Å²) in [5.74, 6) is 0.192. The van der Waals surface area contributed by atoms with Crippen molar-refractivity contribution in [1.82, 2.24) is 0 Å². The molecule has 0 aliphatic heterocycles. The number of hydrogen-bond donors (Lipinski definition) is 0. The summed E-state index contributed by atoms with van der Waals surface area (Å²) in [4.78, 5) is 11.5. The van der Waals surface area contributed by atoms with E-state index in [9.17, 15) is 4.79 Å². The van der Waals surface area contributed by atoms with E-state index in [4.69, 9.17) is 0 Å². The van der Waals surface area contributed by atoms with Crippen molar-refractivity contribution < 1.29 is 4.79 Å². The van der Waals surface area contributed by atoms with Crippen LogP contribution < -0.4 is 0 Å². The molecule has 18 heavy (non-hydrogen) atoms. The maximum Gasteiger partial charge on any atom is 0.159 e. The standard InChI is InChI=1S/C17H22O/c1-13(18)15-5-4-14-6-10-17(8-2-3-9-17)11-7-16(14)12-15/h4-5,12H,2-3,6-11H2,1H3. The molecule has 1 fully saturated rings. The number of aryl methyl sites for hydroxylation is 2. The molecule has 1 saturated carbocycles. The van der Waals surface area contributed by atoms with Crippen LogP contribution in [0.3, 0.4) is 0 Å². The molecule has 0 atom stereocenters. The van der Waals surface area contributed by atoms with Crippen molar-refractivity contribution in [2.75, 3.05) is 0 Å². The van der Waals surface area contributed by atoms with Crippen molar-refractivity contribution in [2.45, 2.75) is 58.3 Å². The first kappa shape index (κ1) is 12.0. The van der Waals surface area contributed by atoms with E-state index in [0.29, 0.717) is 5.41 Å². The lowest BCUT2D eigenvalue weighted by atomic mass is 9.79. The molecule has 1 spiro atoms. The van der Waals surface area contributed by atoms with Crippen molar-refractivity contribution in [1.29, 1.82) is 0 Å². The van der Waals surface area contributed by atoms with Crippen LogP contribution in [0.5, 0.6) is 0 Å². The van der Waals surface area contributed by atoms with Crippen molar-refractivity contribution in [3.8, 4) is 0 Å². The SMILES string of the molecule is CC(=O)c1ccc2c(c1)CCC1(CCCC1)CC2. The van der Waals surface area contributed by atoms with Gasteiger partial charge in [0, 0.05) is 5.56 Å². The molecule has 1 aromatic rings. The van der Waals surface area contributed by atoms with Crippen LogP contribution in [0.1, 0.15) is 66.9 Å². The average molecular weight is 242 g/mol. The van der Waals surface area contributed by atoms with Crippen molar-refractivity contribution >= 4 is 5.78 Å². The van der Waals surface area contributed by atoms with Gasteiger partial charge in [0.15, 0.2) is 5.78 Å². The smallest absolute Gasteiger partial charge is 0.159 e. The fraction of sp³-hybridized carbons (Fsp3) is 0.588. The summed E-state index contributed by atoms with van der Waals surface area (Å²) in [6.45, 7) is 1.66. The van der Waals surface area contributed by atoms with Crippen LogP contribution in [0.25, 0.3) is 0 Å². The monoisotopic (exact) mass is 242 g/mol. The Labute approximate surface area is 110 Å². The van der Waals surface area contributed by atoms with Gasteiger partial charge in [0.1, 0.15) is 0 Å². The lowest BCUT2D eigenvalue weighted by Gasteiger charge is -2.26. The number of carbonyl (C=O) groups excluding carboxylic acids is 1. The summed E-state index contributed by atoms with van der Waals surface area (Å²) in [6.07, 6.45) is 10.8. The molecule has 1 nitrogen and oxygen atoms in total. The van der Waals surface area contributed by atoms with E-state index in [1.54, 1.807) is 6.92 Å². The Kier molecular flexibility index (Phi) is 3.01. The molecule has 0 radical (unpaired) electrons. The van der Waals surface area contributed by atoms with Gasteiger partial charge in [-0.15, -0.1) is 0 Å². The second-order valence-electron chi connectivity index (χ2n) is 6.25. The third-order valence-corrected chi connectivity index (χ3v) is 5.13. The topological polar surface area (TPSA) is 17.1 Å². The highest BCUT2D eigenvalue weighted by molar-refractivity contribution is 5.94. The maximum absolute atomic E-state index is 11.5. The predicted molar refractivity (Wildman–Crippen MR) is 74.0 cm³/mol. The number of carbonyl (C=O) groups is 1. The van der Waals surface area contributed by atoms with Gasteiger partial charge in [0.25, 0.3) is 0 Å². The van der Waals surface area contributed by atoms with E-state index in [1.807, 2.05) is 6.07 Å². The first-order valence-corrected chi connectivity index (χ1v) is 7.31. The van der Waals surface area contributed by atoms with Gasteiger partial charge < -0.3 is 0 Å². The Morgan fingerprint density at radius 1 is 1.00 bits per heavy atom. The molecule has 0 aromatic heterocycles. The van der Waals surface area contributed by atoms with Gasteiger partial charge in [-0.3, -0.25) is 4.79 Å². The summed E-state index contributed by atoms with van der Waals surface area (Å²) in [5, 5.41) is 0. The summed E-state index contributed by atoms with van der Waals surface area (Å²) < 4.78 is 0. The number of Topliss-reactive ketones (excluding diaryl/α,β-unsaturated/α-hetero) is 1. The van der Waals surface area contributed by atoms with Gasteiger partial charge in [-0.05, 0) is 68.1 Å². The van der Waals surface area contributed by atoms with Gasteiger partial charge in [-0.25, -0.2) is 0 Å². The number of ketones is 1. The number of hydrogen-bond acceptors (Lipinski definition) is 1.